The third-order valence-corrected chi connectivity index (χ3v) is 5.33. The van der Waals surface area contributed by atoms with Crippen molar-refractivity contribution in [3.05, 3.63) is 48.4 Å². The first-order valence-corrected chi connectivity index (χ1v) is 10.0. The van der Waals surface area contributed by atoms with Crippen LogP contribution in [0.15, 0.2) is 42.9 Å². The molecular formula is C21H26N6O. The lowest BCUT2D eigenvalue weighted by Crippen LogP contribution is -2.32. The van der Waals surface area contributed by atoms with Gasteiger partial charge in [0, 0.05) is 19.0 Å². The average Bonchev–Trinajstić information content (AvgIpc) is 3.40. The van der Waals surface area contributed by atoms with Gasteiger partial charge < -0.3 is 10.6 Å². The Kier molecular flexibility index (Phi) is 5.80. The molecule has 1 aliphatic rings. The van der Waals surface area contributed by atoms with E-state index in [4.69, 9.17) is 0 Å². The van der Waals surface area contributed by atoms with Crippen LogP contribution in [-0.4, -0.2) is 38.7 Å². The lowest BCUT2D eigenvalue weighted by atomic mass is 10.1. The molecule has 1 aliphatic carbocycles. The molecule has 0 saturated heterocycles. The molecule has 1 saturated carbocycles. The first-order chi connectivity index (χ1) is 13.8. The lowest BCUT2D eigenvalue weighted by molar-refractivity contribution is -0.124. The molecule has 0 unspecified atom stereocenters. The minimum absolute atomic E-state index is 0.173. The van der Waals surface area contributed by atoms with E-state index in [1.807, 2.05) is 22.9 Å². The zero-order chi connectivity index (χ0) is 19.2. The molecule has 0 radical (unpaired) electrons. The van der Waals surface area contributed by atoms with Crippen LogP contribution in [0.5, 0.6) is 0 Å². The summed E-state index contributed by atoms with van der Waals surface area (Å²) in [4.78, 5) is 20.9. The molecule has 1 amide bonds. The Morgan fingerprint density at radius 1 is 1.11 bits per heavy atom. The molecule has 1 aromatic carbocycles. The van der Waals surface area contributed by atoms with Crippen LogP contribution in [0, 0.1) is 5.92 Å². The first-order valence-electron chi connectivity index (χ1n) is 10.0. The number of fused-ring (bicyclic) bond motifs is 1. The summed E-state index contributed by atoms with van der Waals surface area (Å²) in [7, 11) is 0. The minimum Gasteiger partial charge on any atom is -0.369 e. The highest BCUT2D eigenvalue weighted by molar-refractivity contribution is 5.86. The molecule has 4 rings (SSSR count). The number of carbonyl (C=O) groups excluding carboxylic acids is 1. The molecule has 3 aromatic rings. The van der Waals surface area contributed by atoms with E-state index in [1.54, 1.807) is 12.5 Å². The third-order valence-electron chi connectivity index (χ3n) is 5.33. The van der Waals surface area contributed by atoms with Gasteiger partial charge in [-0.1, -0.05) is 43.2 Å². The number of carbonyl (C=O) groups is 1. The van der Waals surface area contributed by atoms with Crippen LogP contribution in [0.2, 0.25) is 0 Å². The van der Waals surface area contributed by atoms with Gasteiger partial charge >= 0.3 is 0 Å². The summed E-state index contributed by atoms with van der Waals surface area (Å²) in [6, 6.07) is 10.4. The standard InChI is InChI=1S/C21H26N6O/c28-21(17-8-4-5-9-17)23-12-13-27-20-18(14-26-27)19(24-15-25-20)22-11-10-16-6-2-1-3-7-16/h1-3,6-7,14-15,17H,4-5,8-13H2,(H,23,28)(H,22,24,25). The van der Waals surface area contributed by atoms with Crippen molar-refractivity contribution in [2.24, 2.45) is 5.92 Å². The average molecular weight is 378 g/mol. The quantitative estimate of drug-likeness (QED) is 0.630. The van der Waals surface area contributed by atoms with Gasteiger partial charge in [-0.15, -0.1) is 0 Å². The number of rotatable bonds is 8. The minimum atomic E-state index is 0.173. The van der Waals surface area contributed by atoms with Crippen molar-refractivity contribution in [3.63, 3.8) is 0 Å². The van der Waals surface area contributed by atoms with E-state index in [9.17, 15) is 4.79 Å². The van der Waals surface area contributed by atoms with Crippen molar-refractivity contribution in [1.29, 1.82) is 0 Å². The number of nitrogens with one attached hydrogen (secondary N) is 2. The second-order valence-electron chi connectivity index (χ2n) is 7.26. The topological polar surface area (TPSA) is 84.7 Å². The van der Waals surface area contributed by atoms with Crippen molar-refractivity contribution in [2.75, 3.05) is 18.4 Å². The normalized spacial score (nSPS) is 14.4. The zero-order valence-corrected chi connectivity index (χ0v) is 16.0. The molecule has 2 aromatic heterocycles. The molecule has 2 N–H and O–H groups in total. The molecule has 0 atom stereocenters. The van der Waals surface area contributed by atoms with Crippen molar-refractivity contribution in [2.45, 2.75) is 38.6 Å². The maximum Gasteiger partial charge on any atom is 0.223 e. The Morgan fingerprint density at radius 3 is 2.75 bits per heavy atom. The van der Waals surface area contributed by atoms with Gasteiger partial charge in [0.2, 0.25) is 5.91 Å². The second kappa shape index (κ2) is 8.82. The molecule has 7 nitrogen and oxygen atoms in total. The Hall–Kier alpha value is -2.96. The molecule has 0 bridgehead atoms. The van der Waals surface area contributed by atoms with Crippen molar-refractivity contribution >= 4 is 22.8 Å². The predicted molar refractivity (Wildman–Crippen MR) is 109 cm³/mol. The molecule has 28 heavy (non-hydrogen) atoms. The highest BCUT2D eigenvalue weighted by Gasteiger charge is 2.22. The zero-order valence-electron chi connectivity index (χ0n) is 16.0. The Bertz CT molecular complexity index is 917. The van der Waals surface area contributed by atoms with Crippen molar-refractivity contribution in [3.8, 4) is 0 Å². The molecule has 146 valence electrons. The lowest BCUT2D eigenvalue weighted by Gasteiger charge is -2.10. The van der Waals surface area contributed by atoms with Crippen LogP contribution in [0.25, 0.3) is 11.0 Å². The van der Waals surface area contributed by atoms with Crippen LogP contribution in [-0.2, 0) is 17.8 Å². The summed E-state index contributed by atoms with van der Waals surface area (Å²) in [5.41, 5.74) is 2.07. The number of aromatic nitrogens is 4. The molecule has 7 heteroatoms. The largest absolute Gasteiger partial charge is 0.369 e. The van der Waals surface area contributed by atoms with E-state index in [0.717, 1.165) is 42.7 Å². The highest BCUT2D eigenvalue weighted by Crippen LogP contribution is 2.24. The number of hydrogen-bond acceptors (Lipinski definition) is 5. The van der Waals surface area contributed by atoms with E-state index < -0.39 is 0 Å². The highest BCUT2D eigenvalue weighted by atomic mass is 16.1. The molecule has 2 heterocycles. The Balaban J connectivity index is 1.34. The number of amides is 1. The van der Waals surface area contributed by atoms with E-state index in [-0.39, 0.29) is 11.8 Å². The fourth-order valence-electron chi connectivity index (χ4n) is 3.78. The summed E-state index contributed by atoms with van der Waals surface area (Å²) in [5.74, 6) is 1.16. The van der Waals surface area contributed by atoms with E-state index >= 15 is 0 Å². The van der Waals surface area contributed by atoms with Gasteiger partial charge in [0.1, 0.15) is 12.1 Å². The smallest absolute Gasteiger partial charge is 0.223 e. The number of hydrogen-bond donors (Lipinski definition) is 2. The Morgan fingerprint density at radius 2 is 1.93 bits per heavy atom. The number of nitrogens with zero attached hydrogens (tertiary/aromatic N) is 4. The summed E-state index contributed by atoms with van der Waals surface area (Å²) < 4.78 is 1.83. The van der Waals surface area contributed by atoms with Gasteiger partial charge in [0.05, 0.1) is 18.1 Å². The van der Waals surface area contributed by atoms with E-state index in [1.165, 1.54) is 18.4 Å². The fraction of sp³-hybridized carbons (Fsp3) is 0.429. The van der Waals surface area contributed by atoms with Crippen LogP contribution in [0.4, 0.5) is 5.82 Å². The third kappa shape index (κ3) is 4.30. The van der Waals surface area contributed by atoms with Crippen molar-refractivity contribution in [1.82, 2.24) is 25.1 Å². The molecule has 0 aliphatic heterocycles. The summed E-state index contributed by atoms with van der Waals surface area (Å²) in [6.45, 7) is 1.95. The maximum absolute atomic E-state index is 12.2. The number of anilines is 1. The van der Waals surface area contributed by atoms with Crippen LogP contribution < -0.4 is 10.6 Å². The monoisotopic (exact) mass is 378 g/mol. The van der Waals surface area contributed by atoms with Gasteiger partial charge in [-0.25, -0.2) is 14.6 Å². The number of benzene rings is 1. The SMILES string of the molecule is O=C(NCCn1ncc2c(NCCc3ccccc3)ncnc21)C1CCCC1. The fourth-order valence-corrected chi connectivity index (χ4v) is 3.78. The predicted octanol–water partition coefficient (Wildman–Crippen LogP) is 2.79. The second-order valence-corrected chi connectivity index (χ2v) is 7.26. The summed E-state index contributed by atoms with van der Waals surface area (Å²) in [5, 5.41) is 11.8. The van der Waals surface area contributed by atoms with Crippen LogP contribution in [0.3, 0.4) is 0 Å². The van der Waals surface area contributed by atoms with Crippen LogP contribution in [0.1, 0.15) is 31.2 Å². The van der Waals surface area contributed by atoms with Gasteiger partial charge in [0.25, 0.3) is 0 Å². The first kappa shape index (κ1) is 18.4. The van der Waals surface area contributed by atoms with Gasteiger partial charge in [-0.2, -0.15) is 5.10 Å². The summed E-state index contributed by atoms with van der Waals surface area (Å²) >= 11 is 0. The molecular weight excluding hydrogens is 352 g/mol. The molecule has 0 spiro atoms. The van der Waals surface area contributed by atoms with Gasteiger partial charge in [-0.05, 0) is 24.8 Å². The van der Waals surface area contributed by atoms with Crippen LogP contribution >= 0.6 is 0 Å². The van der Waals surface area contributed by atoms with E-state index in [2.05, 4.69) is 37.8 Å². The van der Waals surface area contributed by atoms with Gasteiger partial charge in [0.15, 0.2) is 5.65 Å². The molecule has 1 fully saturated rings. The van der Waals surface area contributed by atoms with E-state index in [0.29, 0.717) is 13.1 Å². The van der Waals surface area contributed by atoms with Gasteiger partial charge in [-0.3, -0.25) is 4.79 Å². The van der Waals surface area contributed by atoms with Crippen molar-refractivity contribution < 1.29 is 4.79 Å². The Labute approximate surface area is 164 Å². The maximum atomic E-state index is 12.2. The summed E-state index contributed by atoms with van der Waals surface area (Å²) in [6.07, 6.45) is 8.64.